The molecular formula is C15H21FN2O. The SMILES string of the molecule is NCC1(CNC(=O)CCCc2ccccc2F)CC1. The normalized spacial score (nSPS) is 16.1. The smallest absolute Gasteiger partial charge is 0.220 e. The van der Waals surface area contributed by atoms with Gasteiger partial charge in [-0.1, -0.05) is 18.2 Å². The maximum Gasteiger partial charge on any atom is 0.220 e. The highest BCUT2D eigenvalue weighted by Gasteiger charge is 2.41. The Hall–Kier alpha value is -1.42. The molecule has 19 heavy (non-hydrogen) atoms. The number of hydrogen-bond donors (Lipinski definition) is 2. The molecule has 1 aromatic carbocycles. The fraction of sp³-hybridized carbons (Fsp3) is 0.533. The molecule has 0 unspecified atom stereocenters. The predicted octanol–water partition coefficient (Wildman–Crippen LogP) is 2.00. The van der Waals surface area contributed by atoms with Crippen LogP contribution in [0.5, 0.6) is 0 Å². The Balaban J connectivity index is 1.65. The lowest BCUT2D eigenvalue weighted by molar-refractivity contribution is -0.121. The first-order valence-electron chi connectivity index (χ1n) is 6.85. The van der Waals surface area contributed by atoms with E-state index in [1.165, 1.54) is 6.07 Å². The van der Waals surface area contributed by atoms with Crippen LogP contribution in [0.4, 0.5) is 4.39 Å². The third kappa shape index (κ3) is 4.03. The van der Waals surface area contributed by atoms with Gasteiger partial charge in [-0.2, -0.15) is 0 Å². The lowest BCUT2D eigenvalue weighted by atomic mass is 10.1. The number of nitrogens with two attached hydrogens (primary N) is 1. The molecular weight excluding hydrogens is 243 g/mol. The van der Waals surface area contributed by atoms with Crippen LogP contribution in [0.2, 0.25) is 0 Å². The molecule has 0 saturated heterocycles. The monoisotopic (exact) mass is 264 g/mol. The summed E-state index contributed by atoms with van der Waals surface area (Å²) in [5.74, 6) is -0.154. The summed E-state index contributed by atoms with van der Waals surface area (Å²) < 4.78 is 13.4. The van der Waals surface area contributed by atoms with Crippen molar-refractivity contribution in [3.63, 3.8) is 0 Å². The quantitative estimate of drug-likeness (QED) is 0.791. The number of hydrogen-bond acceptors (Lipinski definition) is 2. The van der Waals surface area contributed by atoms with E-state index in [2.05, 4.69) is 5.32 Å². The van der Waals surface area contributed by atoms with Crippen LogP contribution in [-0.4, -0.2) is 19.0 Å². The minimum atomic E-state index is -0.192. The molecule has 1 saturated carbocycles. The molecule has 3 N–H and O–H groups in total. The number of nitrogens with one attached hydrogen (secondary N) is 1. The van der Waals surface area contributed by atoms with Crippen LogP contribution >= 0.6 is 0 Å². The van der Waals surface area contributed by atoms with E-state index in [1.807, 2.05) is 6.07 Å². The zero-order chi connectivity index (χ0) is 13.7. The zero-order valence-electron chi connectivity index (χ0n) is 11.1. The fourth-order valence-electron chi connectivity index (χ4n) is 2.14. The molecule has 0 heterocycles. The molecule has 3 nitrogen and oxygen atoms in total. The topological polar surface area (TPSA) is 55.1 Å². The largest absolute Gasteiger partial charge is 0.355 e. The van der Waals surface area contributed by atoms with E-state index in [-0.39, 0.29) is 17.1 Å². The molecule has 1 fully saturated rings. The second-order valence-electron chi connectivity index (χ2n) is 5.43. The molecule has 1 aromatic rings. The summed E-state index contributed by atoms with van der Waals surface area (Å²) in [6.45, 7) is 1.32. The molecule has 2 rings (SSSR count). The Labute approximate surface area is 113 Å². The number of carbonyl (C=O) groups is 1. The van der Waals surface area contributed by atoms with Crippen LogP contribution in [0.25, 0.3) is 0 Å². The second-order valence-corrected chi connectivity index (χ2v) is 5.43. The van der Waals surface area contributed by atoms with Gasteiger partial charge in [-0.15, -0.1) is 0 Å². The van der Waals surface area contributed by atoms with Crippen LogP contribution in [0, 0.1) is 11.2 Å². The van der Waals surface area contributed by atoms with Crippen molar-refractivity contribution in [2.24, 2.45) is 11.1 Å². The molecule has 4 heteroatoms. The Morgan fingerprint density at radius 1 is 1.37 bits per heavy atom. The van der Waals surface area contributed by atoms with Gasteiger partial charge in [0.15, 0.2) is 0 Å². The average molecular weight is 264 g/mol. The number of amides is 1. The number of rotatable bonds is 7. The van der Waals surface area contributed by atoms with Crippen molar-refractivity contribution in [1.82, 2.24) is 5.32 Å². The van der Waals surface area contributed by atoms with Crippen LogP contribution < -0.4 is 11.1 Å². The summed E-state index contributed by atoms with van der Waals surface area (Å²) in [7, 11) is 0. The van der Waals surface area contributed by atoms with Gasteiger partial charge >= 0.3 is 0 Å². The van der Waals surface area contributed by atoms with Crippen LogP contribution in [0.1, 0.15) is 31.2 Å². The first-order chi connectivity index (χ1) is 9.15. The van der Waals surface area contributed by atoms with E-state index in [1.54, 1.807) is 12.1 Å². The molecule has 1 aliphatic rings. The molecule has 0 aromatic heterocycles. The zero-order valence-corrected chi connectivity index (χ0v) is 11.1. The van der Waals surface area contributed by atoms with Crippen molar-refractivity contribution in [2.45, 2.75) is 32.1 Å². The first-order valence-corrected chi connectivity index (χ1v) is 6.85. The van der Waals surface area contributed by atoms with E-state index in [0.29, 0.717) is 37.9 Å². The molecule has 0 radical (unpaired) electrons. The van der Waals surface area contributed by atoms with E-state index >= 15 is 0 Å². The molecule has 1 amide bonds. The van der Waals surface area contributed by atoms with Gasteiger partial charge in [-0.05, 0) is 49.3 Å². The Kier molecular flexibility index (Phi) is 4.53. The summed E-state index contributed by atoms with van der Waals surface area (Å²) in [5, 5.41) is 2.92. The van der Waals surface area contributed by atoms with Gasteiger partial charge in [-0.25, -0.2) is 4.39 Å². The van der Waals surface area contributed by atoms with Gasteiger partial charge in [0, 0.05) is 13.0 Å². The molecule has 104 valence electrons. The first kappa shape index (κ1) is 14.0. The van der Waals surface area contributed by atoms with Gasteiger partial charge < -0.3 is 11.1 Å². The summed E-state index contributed by atoms with van der Waals surface area (Å²) >= 11 is 0. The number of aryl methyl sites for hydroxylation is 1. The molecule has 1 aliphatic carbocycles. The van der Waals surface area contributed by atoms with Crippen LogP contribution in [0.3, 0.4) is 0 Å². The Morgan fingerprint density at radius 2 is 2.11 bits per heavy atom. The van der Waals surface area contributed by atoms with Crippen molar-refractivity contribution in [2.75, 3.05) is 13.1 Å². The third-order valence-electron chi connectivity index (χ3n) is 3.86. The maximum atomic E-state index is 13.4. The third-order valence-corrected chi connectivity index (χ3v) is 3.86. The minimum Gasteiger partial charge on any atom is -0.355 e. The Morgan fingerprint density at radius 3 is 2.74 bits per heavy atom. The standard InChI is InChI=1S/C15H21FN2O/c16-13-6-2-1-4-12(13)5-3-7-14(19)18-11-15(10-17)8-9-15/h1-2,4,6H,3,5,7-11,17H2,(H,18,19). The second kappa shape index (κ2) is 6.15. The van der Waals surface area contributed by atoms with E-state index in [9.17, 15) is 9.18 Å². The molecule has 0 aliphatic heterocycles. The molecule has 0 atom stereocenters. The highest BCUT2D eigenvalue weighted by atomic mass is 19.1. The van der Waals surface area contributed by atoms with Gasteiger partial charge in [0.05, 0.1) is 0 Å². The maximum absolute atomic E-state index is 13.4. The highest BCUT2D eigenvalue weighted by Crippen LogP contribution is 2.43. The molecule has 0 bridgehead atoms. The fourth-order valence-corrected chi connectivity index (χ4v) is 2.14. The van der Waals surface area contributed by atoms with Crippen molar-refractivity contribution in [1.29, 1.82) is 0 Å². The molecule has 0 spiro atoms. The van der Waals surface area contributed by atoms with E-state index < -0.39 is 0 Å². The van der Waals surface area contributed by atoms with Gasteiger partial charge in [0.25, 0.3) is 0 Å². The minimum absolute atomic E-state index is 0.0380. The van der Waals surface area contributed by atoms with Crippen molar-refractivity contribution in [3.8, 4) is 0 Å². The average Bonchev–Trinajstić information content (AvgIpc) is 3.19. The number of halogens is 1. The number of benzene rings is 1. The van der Waals surface area contributed by atoms with Crippen LogP contribution in [-0.2, 0) is 11.2 Å². The van der Waals surface area contributed by atoms with Gasteiger partial charge in [-0.3, -0.25) is 4.79 Å². The summed E-state index contributed by atoms with van der Waals surface area (Å²) in [6.07, 6.45) is 3.93. The summed E-state index contributed by atoms with van der Waals surface area (Å²) in [5.41, 5.74) is 6.50. The van der Waals surface area contributed by atoms with E-state index in [4.69, 9.17) is 5.73 Å². The van der Waals surface area contributed by atoms with Crippen LogP contribution in [0.15, 0.2) is 24.3 Å². The highest BCUT2D eigenvalue weighted by molar-refractivity contribution is 5.75. The lowest BCUT2D eigenvalue weighted by Crippen LogP contribution is -2.33. The van der Waals surface area contributed by atoms with Gasteiger partial charge in [0.2, 0.25) is 5.91 Å². The number of carbonyl (C=O) groups excluding carboxylic acids is 1. The van der Waals surface area contributed by atoms with Crippen molar-refractivity contribution in [3.05, 3.63) is 35.6 Å². The summed E-state index contributed by atoms with van der Waals surface area (Å²) in [6, 6.07) is 6.71. The lowest BCUT2D eigenvalue weighted by Gasteiger charge is -2.13. The van der Waals surface area contributed by atoms with Gasteiger partial charge in [0.1, 0.15) is 5.82 Å². The van der Waals surface area contributed by atoms with Crippen molar-refractivity contribution < 1.29 is 9.18 Å². The van der Waals surface area contributed by atoms with Crippen molar-refractivity contribution >= 4 is 5.91 Å². The predicted molar refractivity (Wildman–Crippen MR) is 73.1 cm³/mol. The van der Waals surface area contributed by atoms with E-state index in [0.717, 1.165) is 12.8 Å². The summed E-state index contributed by atoms with van der Waals surface area (Å²) in [4.78, 5) is 11.7. The Bertz CT molecular complexity index is 444.